The molecule has 0 amide bonds. The van der Waals surface area contributed by atoms with Crippen molar-refractivity contribution in [2.45, 2.75) is 6.42 Å². The molecule has 11 heavy (non-hydrogen) atoms. The Morgan fingerprint density at radius 3 is 2.73 bits per heavy atom. The van der Waals surface area contributed by atoms with Crippen LogP contribution in [0, 0.1) is 0 Å². The summed E-state index contributed by atoms with van der Waals surface area (Å²) < 4.78 is 0. The van der Waals surface area contributed by atoms with Crippen LogP contribution in [0.25, 0.3) is 0 Å². The van der Waals surface area contributed by atoms with Crippen LogP contribution in [0.3, 0.4) is 0 Å². The first-order valence-corrected chi connectivity index (χ1v) is 4.03. The Labute approximate surface area is 67.7 Å². The quantitative estimate of drug-likeness (QED) is 0.499. The van der Waals surface area contributed by atoms with Gasteiger partial charge in [-0.3, -0.25) is 4.98 Å². The van der Waals surface area contributed by atoms with Crippen molar-refractivity contribution in [1.29, 1.82) is 0 Å². The molecule has 0 radical (unpaired) electrons. The number of rotatable bonds is 1. The lowest BCUT2D eigenvalue weighted by Crippen LogP contribution is -2.37. The molecule has 1 fully saturated rings. The van der Waals surface area contributed by atoms with Crippen molar-refractivity contribution in [3.8, 4) is 0 Å². The lowest BCUT2D eigenvalue weighted by atomic mass is 9.98. The number of anilines is 1. The topological polar surface area (TPSA) is 16.1 Å². The SMILES string of the molecule is Bc1cncc(N2CCC2)c1. The number of pyridine rings is 1. The minimum absolute atomic E-state index is 1.20. The van der Waals surface area contributed by atoms with Crippen LogP contribution in [0.2, 0.25) is 0 Å². The molecular formula is C8H11BN2. The van der Waals surface area contributed by atoms with Gasteiger partial charge in [-0.1, -0.05) is 5.46 Å². The largest absolute Gasteiger partial charge is 0.370 e. The van der Waals surface area contributed by atoms with Crippen molar-refractivity contribution in [3.63, 3.8) is 0 Å². The van der Waals surface area contributed by atoms with Gasteiger partial charge in [0.05, 0.1) is 11.9 Å². The average molecular weight is 146 g/mol. The van der Waals surface area contributed by atoms with E-state index in [2.05, 4.69) is 23.8 Å². The molecule has 1 aromatic rings. The van der Waals surface area contributed by atoms with Gasteiger partial charge in [0.2, 0.25) is 0 Å². The van der Waals surface area contributed by atoms with Crippen LogP contribution in [0.5, 0.6) is 0 Å². The highest BCUT2D eigenvalue weighted by Crippen LogP contribution is 2.16. The van der Waals surface area contributed by atoms with Gasteiger partial charge in [0, 0.05) is 19.3 Å². The standard InChI is InChI=1S/C8H11BN2/c9-7-4-8(6-10-5-7)11-2-1-3-11/h4-6H,1-3,9H2. The maximum atomic E-state index is 4.15. The van der Waals surface area contributed by atoms with E-state index in [9.17, 15) is 0 Å². The number of nitrogens with zero attached hydrogens (tertiary/aromatic N) is 2. The van der Waals surface area contributed by atoms with Crippen molar-refractivity contribution >= 4 is 19.0 Å². The van der Waals surface area contributed by atoms with E-state index >= 15 is 0 Å². The van der Waals surface area contributed by atoms with Crippen LogP contribution in [0.4, 0.5) is 5.69 Å². The monoisotopic (exact) mass is 146 g/mol. The summed E-state index contributed by atoms with van der Waals surface area (Å²) >= 11 is 0. The van der Waals surface area contributed by atoms with Crippen molar-refractivity contribution in [2.24, 2.45) is 0 Å². The van der Waals surface area contributed by atoms with Gasteiger partial charge >= 0.3 is 0 Å². The molecule has 0 unspecified atom stereocenters. The lowest BCUT2D eigenvalue weighted by Gasteiger charge is -2.32. The second kappa shape index (κ2) is 2.57. The van der Waals surface area contributed by atoms with Crippen LogP contribution < -0.4 is 10.4 Å². The third kappa shape index (κ3) is 1.23. The Morgan fingerprint density at radius 1 is 1.36 bits per heavy atom. The number of hydrogen-bond donors (Lipinski definition) is 0. The summed E-state index contributed by atoms with van der Waals surface area (Å²) in [4.78, 5) is 6.49. The van der Waals surface area contributed by atoms with Crippen LogP contribution >= 0.6 is 0 Å². The molecule has 1 saturated heterocycles. The predicted molar refractivity (Wildman–Crippen MR) is 49.2 cm³/mol. The van der Waals surface area contributed by atoms with Gasteiger partial charge in [-0.15, -0.1) is 0 Å². The summed E-state index contributed by atoms with van der Waals surface area (Å²) in [5.41, 5.74) is 2.52. The molecule has 0 N–H and O–H groups in total. The molecular weight excluding hydrogens is 135 g/mol. The van der Waals surface area contributed by atoms with Gasteiger partial charge in [-0.05, 0) is 12.5 Å². The van der Waals surface area contributed by atoms with E-state index in [1.54, 1.807) is 0 Å². The molecule has 0 atom stereocenters. The van der Waals surface area contributed by atoms with Crippen LogP contribution in [-0.4, -0.2) is 25.9 Å². The van der Waals surface area contributed by atoms with Gasteiger partial charge < -0.3 is 4.90 Å². The molecule has 2 heterocycles. The highest BCUT2D eigenvalue weighted by Gasteiger charge is 2.13. The van der Waals surface area contributed by atoms with E-state index in [4.69, 9.17) is 0 Å². The predicted octanol–water partition coefficient (Wildman–Crippen LogP) is -0.450. The normalized spacial score (nSPS) is 16.2. The minimum Gasteiger partial charge on any atom is -0.370 e. The van der Waals surface area contributed by atoms with Crippen molar-refractivity contribution in [2.75, 3.05) is 18.0 Å². The fraction of sp³-hybridized carbons (Fsp3) is 0.375. The zero-order valence-corrected chi connectivity index (χ0v) is 6.75. The Balaban J connectivity index is 2.23. The minimum atomic E-state index is 1.20. The van der Waals surface area contributed by atoms with Gasteiger partial charge in [0.15, 0.2) is 0 Å². The third-order valence-electron chi connectivity index (χ3n) is 2.08. The summed E-state index contributed by atoms with van der Waals surface area (Å²) in [7, 11) is 2.08. The molecule has 2 nitrogen and oxygen atoms in total. The highest BCUT2D eigenvalue weighted by molar-refractivity contribution is 6.32. The van der Waals surface area contributed by atoms with Crippen LogP contribution in [-0.2, 0) is 0 Å². The molecule has 56 valence electrons. The number of hydrogen-bond acceptors (Lipinski definition) is 2. The van der Waals surface area contributed by atoms with E-state index < -0.39 is 0 Å². The lowest BCUT2D eigenvalue weighted by molar-refractivity contribution is 0.617. The maximum absolute atomic E-state index is 4.15. The Kier molecular flexibility index (Phi) is 1.57. The molecule has 3 heteroatoms. The van der Waals surface area contributed by atoms with E-state index in [1.165, 1.54) is 30.7 Å². The first kappa shape index (κ1) is 6.71. The van der Waals surface area contributed by atoms with E-state index in [-0.39, 0.29) is 0 Å². The molecule has 0 saturated carbocycles. The summed E-state index contributed by atoms with van der Waals surface area (Å²) in [6.45, 7) is 2.40. The van der Waals surface area contributed by atoms with Crippen molar-refractivity contribution in [3.05, 3.63) is 18.5 Å². The van der Waals surface area contributed by atoms with Gasteiger partial charge in [-0.25, -0.2) is 0 Å². The second-order valence-corrected chi connectivity index (χ2v) is 3.06. The molecule has 0 aromatic carbocycles. The first-order chi connectivity index (χ1) is 5.36. The second-order valence-electron chi connectivity index (χ2n) is 3.06. The Morgan fingerprint density at radius 2 is 2.18 bits per heavy atom. The average Bonchev–Trinajstić information content (AvgIpc) is 1.83. The molecule has 0 spiro atoms. The van der Waals surface area contributed by atoms with E-state index in [0.29, 0.717) is 0 Å². The zero-order chi connectivity index (χ0) is 7.68. The third-order valence-corrected chi connectivity index (χ3v) is 2.08. The van der Waals surface area contributed by atoms with Gasteiger partial charge in [-0.2, -0.15) is 0 Å². The highest BCUT2D eigenvalue weighted by atomic mass is 15.2. The summed E-state index contributed by atoms with van der Waals surface area (Å²) in [6.07, 6.45) is 5.16. The molecule has 2 rings (SSSR count). The van der Waals surface area contributed by atoms with Crippen LogP contribution in [0.15, 0.2) is 18.5 Å². The number of aromatic nitrogens is 1. The van der Waals surface area contributed by atoms with Gasteiger partial charge in [0.25, 0.3) is 0 Å². The van der Waals surface area contributed by atoms with Gasteiger partial charge in [0.1, 0.15) is 7.85 Å². The fourth-order valence-electron chi connectivity index (χ4n) is 1.29. The van der Waals surface area contributed by atoms with E-state index in [1.807, 2.05) is 12.4 Å². The smallest absolute Gasteiger partial charge is 0.141 e. The Bertz CT molecular complexity index is 258. The molecule has 0 aliphatic carbocycles. The fourth-order valence-corrected chi connectivity index (χ4v) is 1.29. The maximum Gasteiger partial charge on any atom is 0.141 e. The molecule has 1 aliphatic rings. The van der Waals surface area contributed by atoms with Crippen LogP contribution in [0.1, 0.15) is 6.42 Å². The van der Waals surface area contributed by atoms with Crippen molar-refractivity contribution < 1.29 is 0 Å². The molecule has 1 aromatic heterocycles. The van der Waals surface area contributed by atoms with E-state index in [0.717, 1.165) is 0 Å². The molecule has 0 bridgehead atoms. The summed E-state index contributed by atoms with van der Waals surface area (Å²) in [5, 5.41) is 0. The molecule has 1 aliphatic heterocycles. The van der Waals surface area contributed by atoms with Crippen molar-refractivity contribution in [1.82, 2.24) is 4.98 Å². The summed E-state index contributed by atoms with van der Waals surface area (Å²) in [5.74, 6) is 0. The summed E-state index contributed by atoms with van der Waals surface area (Å²) in [6, 6.07) is 2.19. The first-order valence-electron chi connectivity index (χ1n) is 4.03. The zero-order valence-electron chi connectivity index (χ0n) is 6.75. The Hall–Kier alpha value is -0.985.